The van der Waals surface area contributed by atoms with Crippen LogP contribution >= 0.6 is 0 Å². The highest BCUT2D eigenvalue weighted by atomic mass is 16.5. The van der Waals surface area contributed by atoms with Gasteiger partial charge in [0.05, 0.1) is 18.0 Å². The van der Waals surface area contributed by atoms with E-state index in [1.165, 1.54) is 6.07 Å². The van der Waals surface area contributed by atoms with Gasteiger partial charge in [-0.1, -0.05) is 0 Å². The highest BCUT2D eigenvalue weighted by Crippen LogP contribution is 2.50. The Morgan fingerprint density at radius 1 is 1.35 bits per heavy atom. The highest BCUT2D eigenvalue weighted by Gasteiger charge is 2.43. The van der Waals surface area contributed by atoms with E-state index >= 15 is 0 Å². The maximum atomic E-state index is 12.6. The standard InChI is InChI=1S/C20H22N2O4/c1-3-26-19(25)14-11-22-16(9-17(14)23)13-8-15(21-2)18(24)7-12(13)10-20(22)5-4-6-20/h7-9,11,21,24H,3-6,10H2,1-2H3. The number of carbonyl (C=O) groups is 1. The van der Waals surface area contributed by atoms with Crippen LogP contribution < -0.4 is 10.7 Å². The van der Waals surface area contributed by atoms with Gasteiger partial charge in [0, 0.05) is 30.4 Å². The Bertz CT molecular complexity index is 957. The van der Waals surface area contributed by atoms with Gasteiger partial charge in [0.25, 0.3) is 0 Å². The van der Waals surface area contributed by atoms with Crippen LogP contribution in [0.25, 0.3) is 11.3 Å². The Labute approximate surface area is 151 Å². The number of pyridine rings is 1. The van der Waals surface area contributed by atoms with Crippen molar-refractivity contribution in [3.63, 3.8) is 0 Å². The minimum atomic E-state index is -0.574. The molecule has 0 amide bonds. The molecule has 2 aliphatic rings. The molecule has 2 heterocycles. The number of hydrogen-bond acceptors (Lipinski definition) is 5. The summed E-state index contributed by atoms with van der Waals surface area (Å²) < 4.78 is 7.13. The van der Waals surface area contributed by atoms with E-state index in [9.17, 15) is 14.7 Å². The van der Waals surface area contributed by atoms with E-state index in [0.717, 1.165) is 42.5 Å². The number of nitrogens with zero attached hydrogens (tertiary/aromatic N) is 1. The molecule has 0 atom stereocenters. The topological polar surface area (TPSA) is 80.6 Å². The number of aromatic hydroxyl groups is 1. The van der Waals surface area contributed by atoms with Gasteiger partial charge in [-0.2, -0.15) is 0 Å². The lowest BCUT2D eigenvalue weighted by Crippen LogP contribution is -2.46. The van der Waals surface area contributed by atoms with Gasteiger partial charge >= 0.3 is 5.97 Å². The van der Waals surface area contributed by atoms with Crippen molar-refractivity contribution in [3.05, 3.63) is 45.7 Å². The number of esters is 1. The smallest absolute Gasteiger partial charge is 0.343 e. The molecule has 0 bridgehead atoms. The zero-order valence-corrected chi connectivity index (χ0v) is 15.0. The first kappa shape index (κ1) is 16.7. The number of carbonyl (C=O) groups excluding carboxylic acids is 1. The molecule has 1 aromatic heterocycles. The van der Waals surface area contributed by atoms with Crippen molar-refractivity contribution in [2.24, 2.45) is 0 Å². The highest BCUT2D eigenvalue weighted by molar-refractivity contribution is 5.89. The lowest BCUT2D eigenvalue weighted by atomic mass is 9.69. The van der Waals surface area contributed by atoms with Gasteiger partial charge in [0.1, 0.15) is 11.3 Å². The molecule has 2 N–H and O–H groups in total. The first-order valence-corrected chi connectivity index (χ1v) is 8.97. The molecule has 4 rings (SSSR count). The van der Waals surface area contributed by atoms with E-state index in [1.807, 2.05) is 6.07 Å². The summed E-state index contributed by atoms with van der Waals surface area (Å²) in [6, 6.07) is 5.18. The largest absolute Gasteiger partial charge is 0.506 e. The van der Waals surface area contributed by atoms with Crippen LogP contribution in [0.4, 0.5) is 5.69 Å². The van der Waals surface area contributed by atoms with Crippen molar-refractivity contribution in [1.82, 2.24) is 4.57 Å². The summed E-state index contributed by atoms with van der Waals surface area (Å²) in [7, 11) is 1.74. The number of aromatic nitrogens is 1. The van der Waals surface area contributed by atoms with Crippen LogP contribution in [0.3, 0.4) is 0 Å². The summed E-state index contributed by atoms with van der Waals surface area (Å²) in [4.78, 5) is 24.8. The molecule has 0 radical (unpaired) electrons. The number of rotatable bonds is 3. The predicted octanol–water partition coefficient (Wildman–Crippen LogP) is 2.87. The average Bonchev–Trinajstić information content (AvgIpc) is 2.58. The molecule has 1 aliphatic carbocycles. The minimum Gasteiger partial charge on any atom is -0.506 e. The van der Waals surface area contributed by atoms with Crippen molar-refractivity contribution < 1.29 is 14.6 Å². The summed E-state index contributed by atoms with van der Waals surface area (Å²) in [5, 5.41) is 13.2. The van der Waals surface area contributed by atoms with E-state index in [1.54, 1.807) is 26.2 Å². The predicted molar refractivity (Wildman–Crippen MR) is 98.8 cm³/mol. The lowest BCUT2D eigenvalue weighted by molar-refractivity contribution is 0.0521. The Morgan fingerprint density at radius 3 is 2.73 bits per heavy atom. The number of ether oxygens (including phenoxy) is 1. The molecule has 1 aliphatic heterocycles. The third-order valence-corrected chi connectivity index (χ3v) is 5.63. The van der Waals surface area contributed by atoms with E-state index in [-0.39, 0.29) is 28.9 Å². The Kier molecular flexibility index (Phi) is 3.79. The van der Waals surface area contributed by atoms with Crippen molar-refractivity contribution in [2.45, 2.75) is 38.1 Å². The quantitative estimate of drug-likeness (QED) is 0.654. The number of phenolic OH excluding ortho intramolecular Hbond substituents is 1. The van der Waals surface area contributed by atoms with Crippen molar-refractivity contribution in [1.29, 1.82) is 0 Å². The first-order chi connectivity index (χ1) is 12.5. The van der Waals surface area contributed by atoms with Gasteiger partial charge in [-0.3, -0.25) is 4.79 Å². The maximum absolute atomic E-state index is 12.6. The van der Waals surface area contributed by atoms with Crippen LogP contribution in [-0.2, 0) is 16.7 Å². The van der Waals surface area contributed by atoms with E-state index in [2.05, 4.69) is 9.88 Å². The normalized spacial score (nSPS) is 16.4. The summed E-state index contributed by atoms with van der Waals surface area (Å²) in [5.74, 6) is -0.366. The molecule has 0 saturated heterocycles. The minimum absolute atomic E-state index is 0.0814. The third kappa shape index (κ3) is 2.32. The molecule has 1 spiro atoms. The molecular formula is C20H22N2O4. The second-order valence-corrected chi connectivity index (χ2v) is 7.06. The fraction of sp³-hybridized carbons (Fsp3) is 0.400. The van der Waals surface area contributed by atoms with Gasteiger partial charge in [-0.25, -0.2) is 4.79 Å². The molecular weight excluding hydrogens is 332 g/mol. The SMILES string of the molecule is CCOC(=O)c1cn2c(cc1=O)-c1cc(NC)c(O)cc1CC21CCC1. The van der Waals surface area contributed by atoms with Crippen LogP contribution in [0.15, 0.2) is 29.2 Å². The van der Waals surface area contributed by atoms with Crippen molar-refractivity contribution in [2.75, 3.05) is 19.0 Å². The van der Waals surface area contributed by atoms with Gasteiger partial charge in [0.15, 0.2) is 5.43 Å². The van der Waals surface area contributed by atoms with Crippen LogP contribution in [0.1, 0.15) is 42.1 Å². The molecule has 6 nitrogen and oxygen atoms in total. The molecule has 6 heteroatoms. The average molecular weight is 354 g/mol. The Hall–Kier alpha value is -2.76. The van der Waals surface area contributed by atoms with Gasteiger partial charge < -0.3 is 19.7 Å². The number of anilines is 1. The zero-order valence-electron chi connectivity index (χ0n) is 15.0. The second-order valence-electron chi connectivity index (χ2n) is 7.06. The lowest BCUT2D eigenvalue weighted by Gasteiger charge is -2.48. The molecule has 1 fully saturated rings. The summed E-state index contributed by atoms with van der Waals surface area (Å²) in [6.07, 6.45) is 5.52. The fourth-order valence-electron chi connectivity index (χ4n) is 4.15. The van der Waals surface area contributed by atoms with Crippen LogP contribution in [0.5, 0.6) is 5.75 Å². The molecule has 1 saturated carbocycles. The number of benzene rings is 1. The fourth-order valence-corrected chi connectivity index (χ4v) is 4.15. The molecule has 2 aromatic rings. The Balaban J connectivity index is 1.95. The molecule has 26 heavy (non-hydrogen) atoms. The van der Waals surface area contributed by atoms with Crippen molar-refractivity contribution >= 4 is 11.7 Å². The van der Waals surface area contributed by atoms with E-state index in [0.29, 0.717) is 5.69 Å². The third-order valence-electron chi connectivity index (χ3n) is 5.63. The van der Waals surface area contributed by atoms with Gasteiger partial charge in [-0.15, -0.1) is 0 Å². The number of phenols is 1. The van der Waals surface area contributed by atoms with Gasteiger partial charge in [-0.05, 0) is 50.3 Å². The monoisotopic (exact) mass is 354 g/mol. The van der Waals surface area contributed by atoms with Crippen LogP contribution in [0.2, 0.25) is 0 Å². The summed E-state index contributed by atoms with van der Waals surface area (Å²) >= 11 is 0. The van der Waals surface area contributed by atoms with Crippen molar-refractivity contribution in [3.8, 4) is 17.0 Å². The molecule has 136 valence electrons. The molecule has 0 unspecified atom stereocenters. The summed E-state index contributed by atoms with van der Waals surface area (Å²) in [5.41, 5.74) is 2.96. The number of nitrogens with one attached hydrogen (secondary N) is 1. The number of fused-ring (bicyclic) bond motifs is 4. The van der Waals surface area contributed by atoms with Crippen LogP contribution in [0, 0.1) is 0 Å². The summed E-state index contributed by atoms with van der Waals surface area (Å²) in [6.45, 7) is 1.96. The molecule has 1 aromatic carbocycles. The first-order valence-electron chi connectivity index (χ1n) is 8.97. The van der Waals surface area contributed by atoms with E-state index in [4.69, 9.17) is 4.74 Å². The van der Waals surface area contributed by atoms with Crippen LogP contribution in [-0.4, -0.2) is 29.3 Å². The van der Waals surface area contributed by atoms with E-state index < -0.39 is 5.97 Å². The Morgan fingerprint density at radius 2 is 2.12 bits per heavy atom. The number of hydrogen-bond donors (Lipinski definition) is 2. The van der Waals surface area contributed by atoms with Gasteiger partial charge in [0.2, 0.25) is 0 Å². The zero-order chi connectivity index (χ0) is 18.5. The second kappa shape index (κ2) is 5.90. The maximum Gasteiger partial charge on any atom is 0.343 e.